The lowest BCUT2D eigenvalue weighted by Gasteiger charge is -2.32. The van der Waals surface area contributed by atoms with E-state index in [1.54, 1.807) is 40.0 Å². The molecule has 2 aromatic rings. The third-order valence-corrected chi connectivity index (χ3v) is 5.99. The Morgan fingerprint density at radius 3 is 2.16 bits per heavy atom. The molecule has 2 unspecified atom stereocenters. The van der Waals surface area contributed by atoms with Crippen LogP contribution in [-0.2, 0) is 20.7 Å². The number of hydrogen-bond donors (Lipinski definition) is 3. The predicted molar refractivity (Wildman–Crippen MR) is 149 cm³/mol. The molecule has 0 heterocycles. The van der Waals surface area contributed by atoms with Gasteiger partial charge in [-0.05, 0) is 64.3 Å². The summed E-state index contributed by atoms with van der Waals surface area (Å²) in [4.78, 5) is 41.4. The number of nitrogens with zero attached hydrogens (tertiary/aromatic N) is 1. The highest BCUT2D eigenvalue weighted by Crippen LogP contribution is 2.24. The maximum Gasteiger partial charge on any atom is 0.408 e. The Bertz CT molecular complexity index is 1070. The second-order valence-electron chi connectivity index (χ2n) is 10.8. The summed E-state index contributed by atoms with van der Waals surface area (Å²) in [6.07, 6.45) is 2.31. The van der Waals surface area contributed by atoms with Crippen molar-refractivity contribution in [3.63, 3.8) is 0 Å². The number of ether oxygens (including phenoxy) is 1. The van der Waals surface area contributed by atoms with Gasteiger partial charge in [0.25, 0.3) is 0 Å². The highest BCUT2D eigenvalue weighted by atomic mass is 16.6. The number of carbonyl (C=O) groups excluding carboxylic acids is 3. The van der Waals surface area contributed by atoms with E-state index in [1.807, 2.05) is 32.0 Å². The molecule has 0 aliphatic heterocycles. The number of rotatable bonds is 11. The van der Waals surface area contributed by atoms with Crippen molar-refractivity contribution in [2.24, 2.45) is 0 Å². The highest BCUT2D eigenvalue weighted by molar-refractivity contribution is 5.92. The SMILES string of the molecule is CCCCCNC(=O)C(c1cc(C)cc(C)c1)N(C)C(=O)C(Cc1ccc(O)cc1)NC(=O)OC(C)(C)C. The molecule has 8 heteroatoms. The van der Waals surface area contributed by atoms with Gasteiger partial charge in [0.05, 0.1) is 0 Å². The third kappa shape index (κ3) is 9.72. The Morgan fingerprint density at radius 2 is 1.61 bits per heavy atom. The molecule has 0 saturated carbocycles. The van der Waals surface area contributed by atoms with Crippen molar-refractivity contribution in [2.75, 3.05) is 13.6 Å². The lowest BCUT2D eigenvalue weighted by molar-refractivity contribution is -0.140. The molecule has 2 aromatic carbocycles. The largest absolute Gasteiger partial charge is 0.508 e. The molecular weight excluding hydrogens is 482 g/mol. The maximum atomic E-state index is 13.9. The highest BCUT2D eigenvalue weighted by Gasteiger charge is 2.34. The van der Waals surface area contributed by atoms with Crippen LogP contribution in [-0.4, -0.2) is 53.1 Å². The van der Waals surface area contributed by atoms with Gasteiger partial charge in [-0.3, -0.25) is 9.59 Å². The van der Waals surface area contributed by atoms with Crippen LogP contribution in [0, 0.1) is 13.8 Å². The zero-order valence-corrected chi connectivity index (χ0v) is 23.8. The molecule has 0 fully saturated rings. The van der Waals surface area contributed by atoms with E-state index in [9.17, 15) is 19.5 Å². The van der Waals surface area contributed by atoms with Gasteiger partial charge in [0, 0.05) is 20.0 Å². The number of amides is 3. The van der Waals surface area contributed by atoms with Crippen LogP contribution in [0.25, 0.3) is 0 Å². The van der Waals surface area contributed by atoms with Crippen LogP contribution in [0.4, 0.5) is 4.79 Å². The zero-order valence-electron chi connectivity index (χ0n) is 23.8. The fraction of sp³-hybridized carbons (Fsp3) is 0.500. The van der Waals surface area contributed by atoms with E-state index >= 15 is 0 Å². The van der Waals surface area contributed by atoms with Crippen molar-refractivity contribution in [3.05, 3.63) is 64.7 Å². The number of phenolic OH excluding ortho intramolecular Hbond substituents is 1. The first-order chi connectivity index (χ1) is 17.8. The summed E-state index contributed by atoms with van der Waals surface area (Å²) in [5.74, 6) is -0.608. The van der Waals surface area contributed by atoms with E-state index in [0.29, 0.717) is 12.1 Å². The van der Waals surface area contributed by atoms with Crippen molar-refractivity contribution in [1.29, 1.82) is 0 Å². The van der Waals surface area contributed by atoms with Gasteiger partial charge in [0.2, 0.25) is 11.8 Å². The minimum atomic E-state index is -0.999. The number of unbranched alkanes of at least 4 members (excludes halogenated alkanes) is 2. The minimum absolute atomic E-state index is 0.100. The molecule has 0 aliphatic rings. The fourth-order valence-corrected chi connectivity index (χ4v) is 4.29. The Morgan fingerprint density at radius 1 is 1.00 bits per heavy atom. The van der Waals surface area contributed by atoms with Gasteiger partial charge < -0.3 is 25.4 Å². The zero-order chi connectivity index (χ0) is 28.5. The summed E-state index contributed by atoms with van der Waals surface area (Å²) in [6, 6.07) is 10.4. The number of aryl methyl sites for hydroxylation is 2. The molecule has 8 nitrogen and oxygen atoms in total. The number of carbonyl (C=O) groups is 3. The number of likely N-dealkylation sites (N-methyl/N-ethyl adjacent to an activating group) is 1. The summed E-state index contributed by atoms with van der Waals surface area (Å²) in [6.45, 7) is 11.7. The van der Waals surface area contributed by atoms with Crippen molar-refractivity contribution < 1.29 is 24.2 Å². The molecule has 0 spiro atoms. The fourth-order valence-electron chi connectivity index (χ4n) is 4.29. The molecule has 0 aliphatic carbocycles. The summed E-state index contributed by atoms with van der Waals surface area (Å²) in [5, 5.41) is 15.3. The second-order valence-corrected chi connectivity index (χ2v) is 10.8. The van der Waals surface area contributed by atoms with E-state index in [0.717, 1.165) is 36.0 Å². The van der Waals surface area contributed by atoms with Gasteiger partial charge in [-0.15, -0.1) is 0 Å². The third-order valence-electron chi connectivity index (χ3n) is 5.99. The number of nitrogens with one attached hydrogen (secondary N) is 2. The van der Waals surface area contributed by atoms with Gasteiger partial charge in [-0.1, -0.05) is 61.2 Å². The molecule has 0 saturated heterocycles. The minimum Gasteiger partial charge on any atom is -0.508 e. The molecule has 3 amide bonds. The van der Waals surface area contributed by atoms with Crippen molar-refractivity contribution in [2.45, 2.75) is 84.9 Å². The summed E-state index contributed by atoms with van der Waals surface area (Å²) in [5.41, 5.74) is 2.65. The van der Waals surface area contributed by atoms with Crippen LogP contribution in [0.2, 0.25) is 0 Å². The van der Waals surface area contributed by atoms with Crippen LogP contribution < -0.4 is 10.6 Å². The number of alkyl carbamates (subject to hydrolysis) is 1. The monoisotopic (exact) mass is 525 g/mol. The van der Waals surface area contributed by atoms with E-state index < -0.39 is 29.7 Å². The molecule has 0 aromatic heterocycles. The topological polar surface area (TPSA) is 108 Å². The number of hydrogen-bond acceptors (Lipinski definition) is 5. The molecule has 2 atom stereocenters. The average molecular weight is 526 g/mol. The number of benzene rings is 2. The van der Waals surface area contributed by atoms with Crippen LogP contribution in [0.3, 0.4) is 0 Å². The van der Waals surface area contributed by atoms with Crippen LogP contribution in [0.5, 0.6) is 5.75 Å². The maximum absolute atomic E-state index is 13.9. The number of phenols is 1. The van der Waals surface area contributed by atoms with Gasteiger partial charge in [0.15, 0.2) is 0 Å². The predicted octanol–water partition coefficient (Wildman–Crippen LogP) is 4.95. The second kappa shape index (κ2) is 13.8. The van der Waals surface area contributed by atoms with Gasteiger partial charge in [-0.2, -0.15) is 0 Å². The average Bonchev–Trinajstić information content (AvgIpc) is 2.80. The molecular formula is C30H43N3O5. The van der Waals surface area contributed by atoms with Crippen molar-refractivity contribution in [3.8, 4) is 5.75 Å². The van der Waals surface area contributed by atoms with Crippen LogP contribution in [0.1, 0.15) is 75.3 Å². The first-order valence-electron chi connectivity index (χ1n) is 13.2. The van der Waals surface area contributed by atoms with Gasteiger partial charge >= 0.3 is 6.09 Å². The van der Waals surface area contributed by atoms with E-state index in [1.165, 1.54) is 17.0 Å². The lowest BCUT2D eigenvalue weighted by Crippen LogP contribution is -2.52. The molecule has 2 rings (SSSR count). The molecule has 3 N–H and O–H groups in total. The molecule has 38 heavy (non-hydrogen) atoms. The summed E-state index contributed by atoms with van der Waals surface area (Å²) < 4.78 is 5.41. The summed E-state index contributed by atoms with van der Waals surface area (Å²) in [7, 11) is 1.58. The first-order valence-corrected chi connectivity index (χ1v) is 13.2. The van der Waals surface area contributed by atoms with Gasteiger partial charge in [-0.25, -0.2) is 4.79 Å². The van der Waals surface area contributed by atoms with E-state index in [4.69, 9.17) is 4.74 Å². The van der Waals surface area contributed by atoms with Crippen molar-refractivity contribution in [1.82, 2.24) is 15.5 Å². The summed E-state index contributed by atoms with van der Waals surface area (Å²) >= 11 is 0. The van der Waals surface area contributed by atoms with Crippen molar-refractivity contribution >= 4 is 17.9 Å². The van der Waals surface area contributed by atoms with Crippen LogP contribution >= 0.6 is 0 Å². The lowest BCUT2D eigenvalue weighted by atomic mass is 9.98. The standard InChI is InChI=1S/C30H43N3O5/c1-8-9-10-15-31-27(35)26(23-17-20(2)16-21(3)18-23)33(7)28(36)25(32-29(37)38-30(4,5)6)19-22-11-13-24(34)14-12-22/h11-14,16-18,25-26,34H,8-10,15,19H2,1-7H3,(H,31,35)(H,32,37). The Kier molecular flexibility index (Phi) is 11.2. The first kappa shape index (κ1) is 30.7. The Balaban J connectivity index is 2.40. The Labute approximate surface area is 226 Å². The quantitative estimate of drug-likeness (QED) is 0.360. The Hall–Kier alpha value is -3.55. The van der Waals surface area contributed by atoms with E-state index in [2.05, 4.69) is 17.6 Å². The normalized spacial score (nSPS) is 12.8. The number of aromatic hydroxyl groups is 1. The smallest absolute Gasteiger partial charge is 0.408 e. The molecule has 0 bridgehead atoms. The van der Waals surface area contributed by atoms with Crippen LogP contribution in [0.15, 0.2) is 42.5 Å². The molecule has 0 radical (unpaired) electrons. The molecule has 208 valence electrons. The van der Waals surface area contributed by atoms with Gasteiger partial charge in [0.1, 0.15) is 23.4 Å². The van der Waals surface area contributed by atoms with E-state index in [-0.39, 0.29) is 18.1 Å².